The fourth-order valence-electron chi connectivity index (χ4n) is 3.39. The molecule has 2 bridgehead atoms. The number of carbonyl (C=O) groups is 1. The zero-order chi connectivity index (χ0) is 10.6. The molecule has 2 aliphatic rings. The zero-order valence-electron chi connectivity index (χ0n) is 8.92. The molecule has 0 aliphatic heterocycles. The molecule has 0 amide bonds. The van der Waals surface area contributed by atoms with Crippen molar-refractivity contribution in [2.45, 2.75) is 26.7 Å². The highest BCUT2D eigenvalue weighted by Crippen LogP contribution is 2.67. The Bertz CT molecular complexity index is 293. The van der Waals surface area contributed by atoms with E-state index in [1.54, 1.807) is 0 Å². The fourth-order valence-corrected chi connectivity index (χ4v) is 3.39. The number of rotatable bonds is 2. The Morgan fingerprint density at radius 3 is 2.64 bits per heavy atom. The summed E-state index contributed by atoms with van der Waals surface area (Å²) in [6, 6.07) is 0. The van der Waals surface area contributed by atoms with Crippen molar-refractivity contribution in [3.05, 3.63) is 12.2 Å². The first-order valence-electron chi connectivity index (χ1n) is 5.25. The predicted molar refractivity (Wildman–Crippen MR) is 54.7 cm³/mol. The summed E-state index contributed by atoms with van der Waals surface area (Å²) >= 11 is 0. The molecular weight excluding hydrogens is 176 g/mol. The maximum Gasteiger partial charge on any atom is 0.127 e. The molecule has 2 aliphatic carbocycles. The highest BCUT2D eigenvalue weighted by molar-refractivity contribution is 5.66. The molecule has 0 aromatic rings. The van der Waals surface area contributed by atoms with Crippen LogP contribution in [0.4, 0.5) is 0 Å². The highest BCUT2D eigenvalue weighted by Gasteiger charge is 2.62. The standard InChI is InChI=1S/C12H18O2/c1-8-10-5-12(7-14,11(8,2)3)4-9(10)6-13/h7,9-10,13H,1,4-6H2,2-3H3. The van der Waals surface area contributed by atoms with Gasteiger partial charge >= 0.3 is 0 Å². The van der Waals surface area contributed by atoms with Gasteiger partial charge in [0.2, 0.25) is 0 Å². The third-order valence-electron chi connectivity index (χ3n) is 4.73. The molecule has 0 radical (unpaired) electrons. The van der Waals surface area contributed by atoms with E-state index in [-0.39, 0.29) is 23.4 Å². The largest absolute Gasteiger partial charge is 0.396 e. The Kier molecular flexibility index (Phi) is 1.91. The number of aliphatic hydroxyl groups excluding tert-OH is 1. The van der Waals surface area contributed by atoms with Crippen LogP contribution in [0.2, 0.25) is 0 Å². The molecule has 3 unspecified atom stereocenters. The predicted octanol–water partition coefficient (Wildman–Crippen LogP) is 1.79. The molecule has 2 fully saturated rings. The van der Waals surface area contributed by atoms with E-state index in [1.807, 2.05) is 0 Å². The maximum absolute atomic E-state index is 11.3. The van der Waals surface area contributed by atoms with E-state index in [4.69, 9.17) is 0 Å². The molecule has 0 aromatic heterocycles. The normalized spacial score (nSPS) is 44.4. The molecule has 2 saturated carbocycles. The number of allylic oxidation sites excluding steroid dienone is 1. The number of hydrogen-bond donors (Lipinski definition) is 1. The van der Waals surface area contributed by atoms with E-state index in [1.165, 1.54) is 0 Å². The third kappa shape index (κ3) is 0.876. The van der Waals surface area contributed by atoms with E-state index in [0.29, 0.717) is 5.92 Å². The number of fused-ring (bicyclic) bond motifs is 2. The van der Waals surface area contributed by atoms with E-state index in [9.17, 15) is 9.90 Å². The van der Waals surface area contributed by atoms with Crippen molar-refractivity contribution in [2.24, 2.45) is 22.7 Å². The number of hydrogen-bond acceptors (Lipinski definition) is 2. The van der Waals surface area contributed by atoms with Crippen LogP contribution in [-0.4, -0.2) is 18.0 Å². The first-order valence-corrected chi connectivity index (χ1v) is 5.25. The molecule has 14 heavy (non-hydrogen) atoms. The van der Waals surface area contributed by atoms with Gasteiger partial charge in [0.1, 0.15) is 6.29 Å². The summed E-state index contributed by atoms with van der Waals surface area (Å²) in [6.45, 7) is 8.52. The van der Waals surface area contributed by atoms with Gasteiger partial charge in [-0.1, -0.05) is 26.0 Å². The van der Waals surface area contributed by atoms with Crippen LogP contribution in [0.25, 0.3) is 0 Å². The molecule has 0 aromatic carbocycles. The van der Waals surface area contributed by atoms with E-state index in [0.717, 1.165) is 24.7 Å². The van der Waals surface area contributed by atoms with Crippen LogP contribution in [-0.2, 0) is 4.79 Å². The van der Waals surface area contributed by atoms with Crippen LogP contribution in [0, 0.1) is 22.7 Å². The summed E-state index contributed by atoms with van der Waals surface area (Å²) in [4.78, 5) is 11.3. The van der Waals surface area contributed by atoms with Crippen LogP contribution < -0.4 is 0 Å². The second-order valence-corrected chi connectivity index (χ2v) is 5.38. The van der Waals surface area contributed by atoms with Crippen LogP contribution in [0.1, 0.15) is 26.7 Å². The van der Waals surface area contributed by atoms with Crippen LogP contribution >= 0.6 is 0 Å². The quantitative estimate of drug-likeness (QED) is 0.537. The van der Waals surface area contributed by atoms with Gasteiger partial charge in [-0.2, -0.15) is 0 Å². The smallest absolute Gasteiger partial charge is 0.127 e. The minimum Gasteiger partial charge on any atom is -0.396 e. The first kappa shape index (κ1) is 9.91. The molecule has 2 heteroatoms. The Labute approximate surface area is 85.0 Å². The number of carbonyl (C=O) groups excluding carboxylic acids is 1. The van der Waals surface area contributed by atoms with Crippen molar-refractivity contribution in [3.63, 3.8) is 0 Å². The van der Waals surface area contributed by atoms with Crippen molar-refractivity contribution in [1.29, 1.82) is 0 Å². The molecule has 0 heterocycles. The van der Waals surface area contributed by atoms with Gasteiger partial charge < -0.3 is 9.90 Å². The molecule has 78 valence electrons. The van der Waals surface area contributed by atoms with Crippen LogP contribution in [0.3, 0.4) is 0 Å². The summed E-state index contributed by atoms with van der Waals surface area (Å²) < 4.78 is 0. The Morgan fingerprint density at radius 2 is 2.21 bits per heavy atom. The lowest BCUT2D eigenvalue weighted by Crippen LogP contribution is -2.38. The minimum absolute atomic E-state index is 0.0783. The van der Waals surface area contributed by atoms with Crippen LogP contribution in [0.5, 0.6) is 0 Å². The van der Waals surface area contributed by atoms with Gasteiger partial charge in [-0.3, -0.25) is 0 Å². The van der Waals surface area contributed by atoms with E-state index >= 15 is 0 Å². The van der Waals surface area contributed by atoms with E-state index in [2.05, 4.69) is 20.4 Å². The van der Waals surface area contributed by atoms with Crippen molar-refractivity contribution in [2.75, 3.05) is 6.61 Å². The summed E-state index contributed by atoms with van der Waals surface area (Å²) in [5, 5.41) is 9.23. The molecule has 2 rings (SSSR count). The lowest BCUT2D eigenvalue weighted by Gasteiger charge is -2.41. The SMILES string of the molecule is C=C1C2CC(C=O)(CC2CO)C1(C)C. The van der Waals surface area contributed by atoms with Gasteiger partial charge in [0.15, 0.2) is 0 Å². The monoisotopic (exact) mass is 194 g/mol. The number of aliphatic hydroxyl groups is 1. The Morgan fingerprint density at radius 1 is 1.57 bits per heavy atom. The lowest BCUT2D eigenvalue weighted by atomic mass is 9.62. The van der Waals surface area contributed by atoms with Crippen molar-refractivity contribution < 1.29 is 9.90 Å². The Hall–Kier alpha value is -0.630. The molecule has 2 nitrogen and oxygen atoms in total. The molecule has 0 spiro atoms. The van der Waals surface area contributed by atoms with Crippen LogP contribution in [0.15, 0.2) is 12.2 Å². The average molecular weight is 194 g/mol. The zero-order valence-corrected chi connectivity index (χ0v) is 8.92. The van der Waals surface area contributed by atoms with Crippen molar-refractivity contribution in [3.8, 4) is 0 Å². The second kappa shape index (κ2) is 2.69. The minimum atomic E-state index is -0.248. The van der Waals surface area contributed by atoms with Gasteiger partial charge in [0.25, 0.3) is 0 Å². The second-order valence-electron chi connectivity index (χ2n) is 5.38. The lowest BCUT2D eigenvalue weighted by molar-refractivity contribution is -0.120. The molecular formula is C12H18O2. The maximum atomic E-state index is 11.3. The first-order chi connectivity index (χ1) is 6.48. The number of aldehydes is 1. The van der Waals surface area contributed by atoms with Crippen molar-refractivity contribution in [1.82, 2.24) is 0 Å². The van der Waals surface area contributed by atoms with Gasteiger partial charge in [0.05, 0.1) is 0 Å². The molecule has 0 saturated heterocycles. The van der Waals surface area contributed by atoms with Gasteiger partial charge in [-0.05, 0) is 30.1 Å². The van der Waals surface area contributed by atoms with Gasteiger partial charge in [-0.25, -0.2) is 0 Å². The summed E-state index contributed by atoms with van der Waals surface area (Å²) in [7, 11) is 0. The fraction of sp³-hybridized carbons (Fsp3) is 0.750. The molecule has 1 N–H and O–H groups in total. The summed E-state index contributed by atoms with van der Waals surface area (Å²) in [6.07, 6.45) is 2.84. The topological polar surface area (TPSA) is 37.3 Å². The van der Waals surface area contributed by atoms with Crippen molar-refractivity contribution >= 4 is 6.29 Å². The summed E-state index contributed by atoms with van der Waals surface area (Å²) in [5.74, 6) is 0.626. The Balaban J connectivity index is 2.42. The third-order valence-corrected chi connectivity index (χ3v) is 4.73. The van der Waals surface area contributed by atoms with Gasteiger partial charge in [0, 0.05) is 12.0 Å². The summed E-state index contributed by atoms with van der Waals surface area (Å²) in [5.41, 5.74) is 0.836. The van der Waals surface area contributed by atoms with Gasteiger partial charge in [-0.15, -0.1) is 0 Å². The van der Waals surface area contributed by atoms with E-state index < -0.39 is 0 Å². The molecule has 3 atom stereocenters. The average Bonchev–Trinajstić information content (AvgIpc) is 2.63. The highest BCUT2D eigenvalue weighted by atomic mass is 16.3.